The normalized spacial score (nSPS) is 10.2. The summed E-state index contributed by atoms with van der Waals surface area (Å²) in [6.45, 7) is 3.72. The van der Waals surface area contributed by atoms with Gasteiger partial charge in [0.25, 0.3) is 0 Å². The number of ether oxygens (including phenoxy) is 2. The predicted octanol–water partition coefficient (Wildman–Crippen LogP) is 3.54. The monoisotopic (exact) mass is 298 g/mol. The molecule has 0 saturated carbocycles. The molecule has 0 radical (unpaired) electrons. The van der Waals surface area contributed by atoms with Crippen molar-refractivity contribution in [3.8, 4) is 11.1 Å². The molecular weight excluding hydrogens is 280 g/mol. The molecule has 0 heterocycles. The lowest BCUT2D eigenvalue weighted by Crippen LogP contribution is -2.05. The van der Waals surface area contributed by atoms with E-state index in [0.717, 1.165) is 22.3 Å². The van der Waals surface area contributed by atoms with E-state index in [-0.39, 0.29) is 11.9 Å². The van der Waals surface area contributed by atoms with Crippen molar-refractivity contribution in [2.75, 3.05) is 14.2 Å². The highest BCUT2D eigenvalue weighted by molar-refractivity contribution is 5.94. The van der Waals surface area contributed by atoms with Crippen LogP contribution < -0.4 is 0 Å². The predicted molar refractivity (Wildman–Crippen MR) is 84.0 cm³/mol. The summed E-state index contributed by atoms with van der Waals surface area (Å²) in [4.78, 5) is 23.4. The van der Waals surface area contributed by atoms with Crippen LogP contribution in [-0.4, -0.2) is 26.2 Å². The van der Waals surface area contributed by atoms with Gasteiger partial charge in [0.05, 0.1) is 25.3 Å². The number of carbonyl (C=O) groups is 2. The first-order valence-electron chi connectivity index (χ1n) is 6.86. The molecule has 0 spiro atoms. The Bertz CT molecular complexity index is 732. The molecule has 0 unspecified atom stereocenters. The Balaban J connectivity index is 2.47. The molecular formula is C18H18O4. The minimum Gasteiger partial charge on any atom is -0.465 e. The SMILES string of the molecule is COC(=O)c1ccc(-c2ccc(C)c(C(=O)OC)c2)cc1C. The standard InChI is InChI=1S/C18H18O4/c1-11-5-6-14(10-16(11)18(20)22-4)13-7-8-15(12(2)9-13)17(19)21-3/h5-10H,1-4H3. The van der Waals surface area contributed by atoms with Crippen molar-refractivity contribution < 1.29 is 19.1 Å². The Hall–Kier alpha value is -2.62. The van der Waals surface area contributed by atoms with Crippen LogP contribution in [0.2, 0.25) is 0 Å². The topological polar surface area (TPSA) is 52.6 Å². The van der Waals surface area contributed by atoms with E-state index in [4.69, 9.17) is 9.47 Å². The molecule has 4 nitrogen and oxygen atoms in total. The van der Waals surface area contributed by atoms with Crippen LogP contribution in [0.1, 0.15) is 31.8 Å². The van der Waals surface area contributed by atoms with Crippen LogP contribution in [0.3, 0.4) is 0 Å². The first-order chi connectivity index (χ1) is 10.5. The van der Waals surface area contributed by atoms with Crippen LogP contribution in [0.5, 0.6) is 0 Å². The highest BCUT2D eigenvalue weighted by atomic mass is 16.5. The third-order valence-electron chi connectivity index (χ3n) is 3.61. The average molecular weight is 298 g/mol. The van der Waals surface area contributed by atoms with Crippen LogP contribution >= 0.6 is 0 Å². The number of aryl methyl sites for hydroxylation is 2. The van der Waals surface area contributed by atoms with Crippen molar-refractivity contribution in [1.82, 2.24) is 0 Å². The van der Waals surface area contributed by atoms with E-state index in [9.17, 15) is 9.59 Å². The van der Waals surface area contributed by atoms with E-state index in [0.29, 0.717) is 11.1 Å². The van der Waals surface area contributed by atoms with E-state index in [1.165, 1.54) is 14.2 Å². The van der Waals surface area contributed by atoms with Crippen molar-refractivity contribution in [3.05, 3.63) is 58.7 Å². The highest BCUT2D eigenvalue weighted by Crippen LogP contribution is 2.25. The Morgan fingerprint density at radius 1 is 0.727 bits per heavy atom. The minimum atomic E-state index is -0.359. The number of rotatable bonds is 3. The fourth-order valence-electron chi connectivity index (χ4n) is 2.31. The van der Waals surface area contributed by atoms with Gasteiger partial charge in [-0.05, 0) is 48.2 Å². The minimum absolute atomic E-state index is 0.358. The molecule has 0 N–H and O–H groups in total. The molecule has 0 aromatic heterocycles. The van der Waals surface area contributed by atoms with E-state index < -0.39 is 0 Å². The van der Waals surface area contributed by atoms with Gasteiger partial charge in [-0.25, -0.2) is 9.59 Å². The Morgan fingerprint density at radius 2 is 1.27 bits per heavy atom. The summed E-state index contributed by atoms with van der Waals surface area (Å²) >= 11 is 0. The summed E-state index contributed by atoms with van der Waals surface area (Å²) in [5.41, 5.74) is 4.57. The quantitative estimate of drug-likeness (QED) is 0.813. The summed E-state index contributed by atoms with van der Waals surface area (Å²) in [7, 11) is 2.72. The summed E-state index contributed by atoms with van der Waals surface area (Å²) in [6, 6.07) is 11.1. The molecule has 0 aliphatic carbocycles. The van der Waals surface area contributed by atoms with Crippen molar-refractivity contribution >= 4 is 11.9 Å². The molecule has 0 atom stereocenters. The summed E-state index contributed by atoms with van der Waals surface area (Å²) in [5.74, 6) is -0.717. The van der Waals surface area contributed by atoms with Gasteiger partial charge in [-0.1, -0.05) is 24.3 Å². The first-order valence-corrected chi connectivity index (χ1v) is 6.86. The van der Waals surface area contributed by atoms with Gasteiger partial charge >= 0.3 is 11.9 Å². The fourth-order valence-corrected chi connectivity index (χ4v) is 2.31. The van der Waals surface area contributed by atoms with Gasteiger partial charge in [0.15, 0.2) is 0 Å². The summed E-state index contributed by atoms with van der Waals surface area (Å²) < 4.78 is 9.54. The maximum Gasteiger partial charge on any atom is 0.338 e. The number of carbonyl (C=O) groups excluding carboxylic acids is 2. The van der Waals surface area contributed by atoms with E-state index in [1.807, 2.05) is 38.1 Å². The zero-order chi connectivity index (χ0) is 16.3. The molecule has 2 rings (SSSR count). The molecule has 114 valence electrons. The van der Waals surface area contributed by atoms with E-state index >= 15 is 0 Å². The second kappa shape index (κ2) is 6.43. The van der Waals surface area contributed by atoms with E-state index in [2.05, 4.69) is 0 Å². The average Bonchev–Trinajstić information content (AvgIpc) is 2.53. The lowest BCUT2D eigenvalue weighted by Gasteiger charge is -2.10. The molecule has 0 aliphatic heterocycles. The maximum absolute atomic E-state index is 11.8. The van der Waals surface area contributed by atoms with Gasteiger partial charge in [0.1, 0.15) is 0 Å². The zero-order valence-electron chi connectivity index (χ0n) is 13.1. The molecule has 0 amide bonds. The lowest BCUT2D eigenvalue weighted by molar-refractivity contribution is 0.0591. The van der Waals surface area contributed by atoms with Gasteiger partial charge in [-0.15, -0.1) is 0 Å². The van der Waals surface area contributed by atoms with Crippen LogP contribution in [0.25, 0.3) is 11.1 Å². The summed E-state index contributed by atoms with van der Waals surface area (Å²) in [6.07, 6.45) is 0. The van der Waals surface area contributed by atoms with Gasteiger partial charge < -0.3 is 9.47 Å². The largest absolute Gasteiger partial charge is 0.465 e. The van der Waals surface area contributed by atoms with Crippen LogP contribution in [0.15, 0.2) is 36.4 Å². The molecule has 4 heteroatoms. The van der Waals surface area contributed by atoms with Gasteiger partial charge in [-0.3, -0.25) is 0 Å². The third kappa shape index (κ3) is 3.01. The molecule has 2 aromatic rings. The van der Waals surface area contributed by atoms with Crippen molar-refractivity contribution in [3.63, 3.8) is 0 Å². The number of benzene rings is 2. The Kier molecular flexibility index (Phi) is 4.61. The molecule has 22 heavy (non-hydrogen) atoms. The lowest BCUT2D eigenvalue weighted by atomic mass is 9.97. The second-order valence-electron chi connectivity index (χ2n) is 5.04. The van der Waals surface area contributed by atoms with Crippen LogP contribution in [-0.2, 0) is 9.47 Å². The van der Waals surface area contributed by atoms with Crippen molar-refractivity contribution in [1.29, 1.82) is 0 Å². The molecule has 2 aromatic carbocycles. The molecule has 0 bridgehead atoms. The molecule has 0 saturated heterocycles. The van der Waals surface area contributed by atoms with E-state index in [1.54, 1.807) is 12.1 Å². The maximum atomic E-state index is 11.8. The van der Waals surface area contributed by atoms with Gasteiger partial charge in [0, 0.05) is 0 Å². The van der Waals surface area contributed by atoms with Crippen molar-refractivity contribution in [2.45, 2.75) is 13.8 Å². The highest BCUT2D eigenvalue weighted by Gasteiger charge is 2.13. The zero-order valence-corrected chi connectivity index (χ0v) is 13.1. The number of esters is 2. The summed E-state index contributed by atoms with van der Waals surface area (Å²) in [5, 5.41) is 0. The van der Waals surface area contributed by atoms with Crippen molar-refractivity contribution in [2.24, 2.45) is 0 Å². The van der Waals surface area contributed by atoms with Crippen LogP contribution in [0, 0.1) is 13.8 Å². The van der Waals surface area contributed by atoms with Crippen LogP contribution in [0.4, 0.5) is 0 Å². The Labute approximate surface area is 129 Å². The molecule has 0 fully saturated rings. The molecule has 0 aliphatic rings. The number of methoxy groups -OCH3 is 2. The third-order valence-corrected chi connectivity index (χ3v) is 3.61. The smallest absolute Gasteiger partial charge is 0.338 e. The Morgan fingerprint density at radius 3 is 1.86 bits per heavy atom. The first kappa shape index (κ1) is 15.8. The second-order valence-corrected chi connectivity index (χ2v) is 5.04. The van der Waals surface area contributed by atoms with Gasteiger partial charge in [-0.2, -0.15) is 0 Å². The fraction of sp³-hybridized carbons (Fsp3) is 0.222. The number of hydrogen-bond donors (Lipinski definition) is 0. The number of hydrogen-bond acceptors (Lipinski definition) is 4. The van der Waals surface area contributed by atoms with Gasteiger partial charge in [0.2, 0.25) is 0 Å².